The third-order valence-corrected chi connectivity index (χ3v) is 4.76. The molecular formula is C24H24N2O5. The number of phenols is 1. The lowest BCUT2D eigenvalue weighted by Crippen LogP contribution is -2.18. The van der Waals surface area contributed by atoms with Crippen molar-refractivity contribution in [2.45, 2.75) is 25.4 Å². The van der Waals surface area contributed by atoms with Crippen LogP contribution in [0.25, 0.3) is 10.8 Å². The van der Waals surface area contributed by atoms with Crippen molar-refractivity contribution in [1.82, 2.24) is 5.48 Å². The molecule has 7 heteroatoms. The Hall–Kier alpha value is -3.84. The summed E-state index contributed by atoms with van der Waals surface area (Å²) in [7, 11) is 0. The summed E-state index contributed by atoms with van der Waals surface area (Å²) in [6.07, 6.45) is 3.48. The van der Waals surface area contributed by atoms with E-state index >= 15 is 0 Å². The number of amides is 2. The maximum Gasteiger partial charge on any atom is 0.412 e. The molecule has 0 unspecified atom stereocenters. The highest BCUT2D eigenvalue weighted by molar-refractivity contribution is 6.00. The van der Waals surface area contributed by atoms with Crippen molar-refractivity contribution in [2.75, 3.05) is 5.32 Å². The summed E-state index contributed by atoms with van der Waals surface area (Å²) in [5.74, 6) is -0.471. The van der Waals surface area contributed by atoms with Gasteiger partial charge < -0.3 is 9.84 Å². The van der Waals surface area contributed by atoms with Crippen molar-refractivity contribution in [3.63, 3.8) is 0 Å². The highest BCUT2D eigenvalue weighted by atomic mass is 16.6. The van der Waals surface area contributed by atoms with Crippen LogP contribution in [0, 0.1) is 0 Å². The number of allylic oxidation sites excluding steroid dienone is 1. The number of hydrogen-bond donors (Lipinski definition) is 4. The second kappa shape index (κ2) is 10.8. The molecule has 0 bridgehead atoms. The van der Waals surface area contributed by atoms with Crippen LogP contribution in [-0.4, -0.2) is 22.3 Å². The van der Waals surface area contributed by atoms with Crippen LogP contribution in [0.5, 0.6) is 5.75 Å². The maximum atomic E-state index is 12.6. The number of carbonyl (C=O) groups excluding carboxylic acids is 2. The number of benzene rings is 3. The fourth-order valence-electron chi connectivity index (χ4n) is 3.23. The summed E-state index contributed by atoms with van der Waals surface area (Å²) in [6.45, 7) is 0. The molecule has 7 nitrogen and oxygen atoms in total. The van der Waals surface area contributed by atoms with Crippen LogP contribution in [0.3, 0.4) is 0 Å². The van der Waals surface area contributed by atoms with Crippen LogP contribution < -0.4 is 10.8 Å². The number of aromatic hydroxyl groups is 1. The zero-order chi connectivity index (χ0) is 22.1. The summed E-state index contributed by atoms with van der Waals surface area (Å²) < 4.78 is 5.70. The fourth-order valence-corrected chi connectivity index (χ4v) is 3.23. The normalized spacial score (nSPS) is 11.9. The van der Waals surface area contributed by atoms with Gasteiger partial charge in [0.1, 0.15) is 11.9 Å². The monoisotopic (exact) mass is 420 g/mol. The first-order valence-electron chi connectivity index (χ1n) is 9.92. The van der Waals surface area contributed by atoms with Gasteiger partial charge in [-0.15, -0.1) is 0 Å². The van der Waals surface area contributed by atoms with Crippen molar-refractivity contribution in [2.24, 2.45) is 0 Å². The first-order chi connectivity index (χ1) is 15.1. The van der Waals surface area contributed by atoms with Gasteiger partial charge in [-0.25, -0.2) is 10.3 Å². The summed E-state index contributed by atoms with van der Waals surface area (Å²) in [4.78, 5) is 23.7. The van der Waals surface area contributed by atoms with Gasteiger partial charge in [-0.05, 0) is 48.4 Å². The Morgan fingerprint density at radius 1 is 1.00 bits per heavy atom. The number of ether oxygens (including phenoxy) is 1. The van der Waals surface area contributed by atoms with Gasteiger partial charge in [-0.3, -0.25) is 15.3 Å². The Morgan fingerprint density at radius 2 is 1.74 bits per heavy atom. The predicted octanol–water partition coefficient (Wildman–Crippen LogP) is 5.07. The van der Waals surface area contributed by atoms with E-state index in [1.54, 1.807) is 30.3 Å². The molecule has 1 atom stereocenters. The van der Waals surface area contributed by atoms with E-state index in [1.165, 1.54) is 11.6 Å². The third kappa shape index (κ3) is 6.32. The van der Waals surface area contributed by atoms with Gasteiger partial charge in [0.25, 0.3) is 5.91 Å². The van der Waals surface area contributed by atoms with Crippen LogP contribution in [0.4, 0.5) is 10.5 Å². The van der Waals surface area contributed by atoms with Crippen molar-refractivity contribution in [3.8, 4) is 5.75 Å². The van der Waals surface area contributed by atoms with Gasteiger partial charge in [0.15, 0.2) is 0 Å². The van der Waals surface area contributed by atoms with Crippen LogP contribution in [0.15, 0.2) is 78.9 Å². The molecule has 0 saturated carbocycles. The highest BCUT2D eigenvalue weighted by Crippen LogP contribution is 2.27. The number of anilines is 1. The first kappa shape index (κ1) is 21.9. The van der Waals surface area contributed by atoms with Gasteiger partial charge in [0.2, 0.25) is 0 Å². The number of rotatable bonds is 8. The number of phenolic OH excluding ortho intramolecular Hbond substituents is 1. The minimum absolute atomic E-state index is 0.126. The Bertz CT molecular complexity index is 1060. The van der Waals surface area contributed by atoms with E-state index in [1.807, 2.05) is 42.5 Å². The van der Waals surface area contributed by atoms with Crippen molar-refractivity contribution >= 4 is 28.5 Å². The smallest absolute Gasteiger partial charge is 0.412 e. The Labute approximate surface area is 179 Å². The van der Waals surface area contributed by atoms with E-state index in [-0.39, 0.29) is 5.75 Å². The zero-order valence-electron chi connectivity index (χ0n) is 16.8. The predicted molar refractivity (Wildman–Crippen MR) is 118 cm³/mol. The van der Waals surface area contributed by atoms with E-state index in [4.69, 9.17) is 9.94 Å². The molecule has 0 aliphatic carbocycles. The van der Waals surface area contributed by atoms with Crippen molar-refractivity contribution in [1.29, 1.82) is 0 Å². The number of nitrogens with one attached hydrogen (secondary N) is 2. The molecule has 3 rings (SSSR count). The van der Waals surface area contributed by atoms with Crippen LogP contribution in [0.2, 0.25) is 0 Å². The van der Waals surface area contributed by atoms with E-state index in [9.17, 15) is 14.7 Å². The summed E-state index contributed by atoms with van der Waals surface area (Å²) >= 11 is 0. The van der Waals surface area contributed by atoms with Crippen LogP contribution >= 0.6 is 0 Å². The molecule has 4 N–H and O–H groups in total. The molecular weight excluding hydrogens is 396 g/mol. The molecule has 160 valence electrons. The molecule has 0 aliphatic rings. The van der Waals surface area contributed by atoms with E-state index in [0.29, 0.717) is 24.9 Å². The van der Waals surface area contributed by atoms with Crippen LogP contribution in [-0.2, 0) is 9.53 Å². The fraction of sp³-hybridized carbons (Fsp3) is 0.167. The van der Waals surface area contributed by atoms with Crippen molar-refractivity contribution in [3.05, 3.63) is 84.4 Å². The van der Waals surface area contributed by atoms with E-state index in [0.717, 1.165) is 16.3 Å². The molecule has 0 radical (unpaired) electrons. The molecule has 0 heterocycles. The molecule has 0 spiro atoms. The number of carbonyl (C=O) groups is 2. The minimum Gasteiger partial charge on any atom is -0.508 e. The molecule has 3 aromatic rings. The Balaban J connectivity index is 1.68. The molecule has 31 heavy (non-hydrogen) atoms. The number of hydroxylamine groups is 1. The van der Waals surface area contributed by atoms with E-state index in [2.05, 4.69) is 5.32 Å². The lowest BCUT2D eigenvalue weighted by Gasteiger charge is -2.19. The second-order valence-corrected chi connectivity index (χ2v) is 6.95. The highest BCUT2D eigenvalue weighted by Gasteiger charge is 2.17. The molecule has 2 amide bonds. The standard InChI is InChI=1S/C24H24N2O5/c27-19-15-13-18(14-16-19)22(11-2-1-3-12-23(28)26-30)31-24(29)25-21-10-6-8-17-7-4-5-9-20(17)21/h3-10,12-16,22,27,30H,1-2,11H2,(H,25,29)(H,26,28)/b12-3+/t22-/m1/s1. The average molecular weight is 420 g/mol. The lowest BCUT2D eigenvalue weighted by molar-refractivity contribution is -0.124. The summed E-state index contributed by atoms with van der Waals surface area (Å²) in [6, 6.07) is 19.9. The average Bonchev–Trinajstić information content (AvgIpc) is 2.78. The van der Waals surface area contributed by atoms with Gasteiger partial charge in [-0.2, -0.15) is 0 Å². The summed E-state index contributed by atoms with van der Waals surface area (Å²) in [5.41, 5.74) is 2.94. The lowest BCUT2D eigenvalue weighted by atomic mass is 10.0. The molecule has 0 aliphatic heterocycles. The Kier molecular flexibility index (Phi) is 7.61. The Morgan fingerprint density at radius 3 is 2.52 bits per heavy atom. The second-order valence-electron chi connectivity index (χ2n) is 6.95. The van der Waals surface area contributed by atoms with Gasteiger partial charge in [0.05, 0.1) is 5.69 Å². The third-order valence-electron chi connectivity index (χ3n) is 4.76. The minimum atomic E-state index is -0.596. The maximum absolute atomic E-state index is 12.6. The molecule has 0 saturated heterocycles. The number of unbranched alkanes of at least 4 members (excludes halogenated alkanes) is 1. The zero-order valence-corrected chi connectivity index (χ0v) is 16.8. The summed E-state index contributed by atoms with van der Waals surface area (Å²) in [5, 5.41) is 22.8. The van der Waals surface area contributed by atoms with Crippen LogP contribution in [0.1, 0.15) is 30.9 Å². The number of hydrogen-bond acceptors (Lipinski definition) is 5. The molecule has 3 aromatic carbocycles. The quantitative estimate of drug-likeness (QED) is 0.176. The van der Waals surface area contributed by atoms with E-state index < -0.39 is 18.1 Å². The largest absolute Gasteiger partial charge is 0.508 e. The SMILES string of the molecule is O=C(/C=C/CCC[C@@H](OC(=O)Nc1cccc2ccccc12)c1ccc(O)cc1)NO. The van der Waals surface area contributed by atoms with Gasteiger partial charge in [0, 0.05) is 11.5 Å². The van der Waals surface area contributed by atoms with Crippen molar-refractivity contribution < 1.29 is 24.6 Å². The topological polar surface area (TPSA) is 108 Å². The first-order valence-corrected chi connectivity index (χ1v) is 9.92. The molecule has 0 aromatic heterocycles. The number of fused-ring (bicyclic) bond motifs is 1. The molecule has 0 fully saturated rings. The van der Waals surface area contributed by atoms with Gasteiger partial charge in [-0.1, -0.05) is 54.6 Å². The van der Waals surface area contributed by atoms with Gasteiger partial charge >= 0.3 is 6.09 Å².